The highest BCUT2D eigenvalue weighted by atomic mass is 35.5. The lowest BCUT2D eigenvalue weighted by Crippen LogP contribution is -2.35. The molecule has 0 bridgehead atoms. The van der Waals surface area contributed by atoms with Gasteiger partial charge < -0.3 is 20.1 Å². The number of nitrogens with one attached hydrogen (secondary N) is 2. The summed E-state index contributed by atoms with van der Waals surface area (Å²) in [5.74, 6) is 1.41. The molecular weight excluding hydrogens is 388 g/mol. The van der Waals surface area contributed by atoms with E-state index in [1.165, 1.54) is 11.8 Å². The molecule has 6 nitrogen and oxygen atoms in total. The number of thioether (sulfide) groups is 1. The number of fused-ring (bicyclic) bond motifs is 1. The molecular formula is C19H19ClN2O4S. The van der Waals surface area contributed by atoms with Crippen LogP contribution in [-0.4, -0.2) is 43.9 Å². The SMILES string of the molecule is O=C(CSc1ccc2c(c1)OCCO2)NCCNC(=O)c1ccc(Cl)cc1. The maximum atomic E-state index is 11.9. The molecule has 0 aromatic heterocycles. The fraction of sp³-hybridized carbons (Fsp3) is 0.263. The molecule has 27 heavy (non-hydrogen) atoms. The number of hydrogen-bond donors (Lipinski definition) is 2. The zero-order valence-corrected chi connectivity index (χ0v) is 16.1. The van der Waals surface area contributed by atoms with E-state index in [1.807, 2.05) is 18.2 Å². The van der Waals surface area contributed by atoms with Crippen molar-refractivity contribution in [3.63, 3.8) is 0 Å². The molecule has 2 aromatic rings. The van der Waals surface area contributed by atoms with Crippen LogP contribution in [0.5, 0.6) is 11.5 Å². The van der Waals surface area contributed by atoms with Crippen molar-refractivity contribution in [3.05, 3.63) is 53.1 Å². The van der Waals surface area contributed by atoms with E-state index in [1.54, 1.807) is 24.3 Å². The standard InChI is InChI=1S/C19H19ClN2O4S/c20-14-3-1-13(2-4-14)19(24)22-8-7-21-18(23)12-27-15-5-6-16-17(11-15)26-10-9-25-16/h1-6,11H,7-10,12H2,(H,21,23)(H,22,24). The zero-order valence-electron chi connectivity index (χ0n) is 14.5. The smallest absolute Gasteiger partial charge is 0.251 e. The van der Waals surface area contributed by atoms with Crippen LogP contribution in [0.1, 0.15) is 10.4 Å². The second-order valence-corrected chi connectivity index (χ2v) is 7.19. The predicted molar refractivity (Wildman–Crippen MR) is 105 cm³/mol. The quantitative estimate of drug-likeness (QED) is 0.546. The second-order valence-electron chi connectivity index (χ2n) is 5.71. The minimum absolute atomic E-state index is 0.101. The summed E-state index contributed by atoms with van der Waals surface area (Å²) in [5.41, 5.74) is 0.528. The van der Waals surface area contributed by atoms with Crippen LogP contribution in [0.4, 0.5) is 0 Å². The summed E-state index contributed by atoms with van der Waals surface area (Å²) < 4.78 is 11.0. The maximum Gasteiger partial charge on any atom is 0.251 e. The van der Waals surface area contributed by atoms with Crippen molar-refractivity contribution >= 4 is 35.2 Å². The second kappa shape index (κ2) is 9.53. The van der Waals surface area contributed by atoms with Gasteiger partial charge in [-0.25, -0.2) is 0 Å². The monoisotopic (exact) mass is 406 g/mol. The average Bonchev–Trinajstić information content (AvgIpc) is 2.70. The van der Waals surface area contributed by atoms with E-state index in [0.717, 1.165) is 10.6 Å². The minimum Gasteiger partial charge on any atom is -0.486 e. The molecule has 0 atom stereocenters. The molecule has 1 aliphatic rings. The maximum absolute atomic E-state index is 11.9. The molecule has 1 heterocycles. The van der Waals surface area contributed by atoms with E-state index >= 15 is 0 Å². The summed E-state index contributed by atoms with van der Waals surface area (Å²) in [6, 6.07) is 12.2. The number of rotatable bonds is 7. The van der Waals surface area contributed by atoms with Gasteiger partial charge in [0.25, 0.3) is 5.91 Å². The lowest BCUT2D eigenvalue weighted by Gasteiger charge is -2.18. The molecule has 142 valence electrons. The molecule has 8 heteroatoms. The van der Waals surface area contributed by atoms with Crippen molar-refractivity contribution in [3.8, 4) is 11.5 Å². The Morgan fingerprint density at radius 3 is 2.44 bits per heavy atom. The summed E-state index contributed by atoms with van der Waals surface area (Å²) in [7, 11) is 0. The lowest BCUT2D eigenvalue weighted by molar-refractivity contribution is -0.118. The Balaban J connectivity index is 1.35. The number of ether oxygens (including phenoxy) is 2. The molecule has 2 amide bonds. The van der Waals surface area contributed by atoms with Gasteiger partial charge in [0.1, 0.15) is 13.2 Å². The van der Waals surface area contributed by atoms with E-state index in [9.17, 15) is 9.59 Å². The largest absolute Gasteiger partial charge is 0.486 e. The molecule has 0 radical (unpaired) electrons. The number of halogens is 1. The van der Waals surface area contributed by atoms with Crippen molar-refractivity contribution in [2.75, 3.05) is 32.1 Å². The van der Waals surface area contributed by atoms with Crippen molar-refractivity contribution < 1.29 is 19.1 Å². The van der Waals surface area contributed by atoms with E-state index < -0.39 is 0 Å². The normalized spacial score (nSPS) is 12.3. The number of carbonyl (C=O) groups is 2. The third-order valence-electron chi connectivity index (χ3n) is 3.72. The Labute approximate surface area is 166 Å². The topological polar surface area (TPSA) is 76.7 Å². The van der Waals surface area contributed by atoms with Gasteiger partial charge in [0.15, 0.2) is 11.5 Å². The Bertz CT molecular complexity index is 814. The van der Waals surface area contributed by atoms with Gasteiger partial charge in [-0.1, -0.05) is 11.6 Å². The van der Waals surface area contributed by atoms with Crippen LogP contribution < -0.4 is 20.1 Å². The fourth-order valence-electron chi connectivity index (χ4n) is 2.39. The highest BCUT2D eigenvalue weighted by Crippen LogP contribution is 2.34. The third kappa shape index (κ3) is 5.80. The van der Waals surface area contributed by atoms with Crippen LogP contribution >= 0.6 is 23.4 Å². The molecule has 0 fully saturated rings. The van der Waals surface area contributed by atoms with Crippen LogP contribution in [0.25, 0.3) is 0 Å². The van der Waals surface area contributed by atoms with Gasteiger partial charge in [-0.05, 0) is 42.5 Å². The van der Waals surface area contributed by atoms with E-state index in [4.69, 9.17) is 21.1 Å². The van der Waals surface area contributed by atoms with Crippen LogP contribution in [0.2, 0.25) is 5.02 Å². The van der Waals surface area contributed by atoms with Crippen molar-refractivity contribution in [1.82, 2.24) is 10.6 Å². The molecule has 3 rings (SSSR count). The minimum atomic E-state index is -0.202. The first kappa shape index (κ1) is 19.4. The van der Waals surface area contributed by atoms with Gasteiger partial charge in [-0.3, -0.25) is 9.59 Å². The van der Waals surface area contributed by atoms with Crippen LogP contribution in [-0.2, 0) is 4.79 Å². The molecule has 0 unspecified atom stereocenters. The van der Waals surface area contributed by atoms with Crippen molar-refractivity contribution in [1.29, 1.82) is 0 Å². The van der Waals surface area contributed by atoms with Crippen molar-refractivity contribution in [2.45, 2.75) is 4.90 Å². The Morgan fingerprint density at radius 1 is 0.963 bits per heavy atom. The molecule has 0 saturated heterocycles. The molecule has 0 saturated carbocycles. The van der Waals surface area contributed by atoms with E-state index in [0.29, 0.717) is 42.6 Å². The fourth-order valence-corrected chi connectivity index (χ4v) is 3.28. The third-order valence-corrected chi connectivity index (χ3v) is 4.97. The Kier molecular flexibility index (Phi) is 6.84. The number of amides is 2. The van der Waals surface area contributed by atoms with Crippen LogP contribution in [0.15, 0.2) is 47.4 Å². The zero-order chi connectivity index (χ0) is 19.1. The average molecular weight is 407 g/mol. The summed E-state index contributed by atoms with van der Waals surface area (Å²) in [6.45, 7) is 1.79. The van der Waals surface area contributed by atoms with Gasteiger partial charge in [0, 0.05) is 28.6 Å². The Morgan fingerprint density at radius 2 is 1.67 bits per heavy atom. The highest BCUT2D eigenvalue weighted by Gasteiger charge is 2.12. The van der Waals surface area contributed by atoms with Gasteiger partial charge in [0.2, 0.25) is 5.91 Å². The molecule has 0 aliphatic carbocycles. The van der Waals surface area contributed by atoms with Gasteiger partial charge in [-0.15, -0.1) is 11.8 Å². The van der Waals surface area contributed by atoms with Gasteiger partial charge in [-0.2, -0.15) is 0 Å². The highest BCUT2D eigenvalue weighted by molar-refractivity contribution is 8.00. The first-order chi connectivity index (χ1) is 13.1. The number of benzene rings is 2. The molecule has 2 aromatic carbocycles. The lowest BCUT2D eigenvalue weighted by atomic mass is 10.2. The first-order valence-corrected chi connectivity index (χ1v) is 9.81. The van der Waals surface area contributed by atoms with E-state index in [2.05, 4.69) is 10.6 Å². The summed E-state index contributed by atoms with van der Waals surface area (Å²) in [6.07, 6.45) is 0. The van der Waals surface area contributed by atoms with Crippen molar-refractivity contribution in [2.24, 2.45) is 0 Å². The predicted octanol–water partition coefficient (Wildman–Crippen LogP) is 2.75. The first-order valence-electron chi connectivity index (χ1n) is 8.45. The van der Waals surface area contributed by atoms with Gasteiger partial charge >= 0.3 is 0 Å². The molecule has 0 spiro atoms. The molecule has 1 aliphatic heterocycles. The summed E-state index contributed by atoms with van der Waals surface area (Å²) in [4.78, 5) is 24.8. The summed E-state index contributed by atoms with van der Waals surface area (Å²) in [5, 5.41) is 6.11. The molecule has 2 N–H and O–H groups in total. The van der Waals surface area contributed by atoms with Crippen LogP contribution in [0.3, 0.4) is 0 Å². The Hall–Kier alpha value is -2.38. The number of carbonyl (C=O) groups excluding carboxylic acids is 2. The number of hydrogen-bond acceptors (Lipinski definition) is 5. The van der Waals surface area contributed by atoms with Crippen LogP contribution in [0, 0.1) is 0 Å². The van der Waals surface area contributed by atoms with Gasteiger partial charge in [0.05, 0.1) is 5.75 Å². The summed E-state index contributed by atoms with van der Waals surface area (Å²) >= 11 is 7.21. The van der Waals surface area contributed by atoms with E-state index in [-0.39, 0.29) is 17.6 Å².